The number of rotatable bonds is 67. The monoisotopic (exact) mass is 1100 g/mol. The largest absolute Gasteiger partial charge is 0.466 e. The summed E-state index contributed by atoms with van der Waals surface area (Å²) in [5, 5.41) is 23.2. The minimum atomic E-state index is -0.843. The number of carbonyl (C=O) groups excluding carboxylic acids is 2. The van der Waals surface area contributed by atoms with Crippen molar-refractivity contribution < 1.29 is 24.5 Å². The van der Waals surface area contributed by atoms with Crippen molar-refractivity contribution in [1.29, 1.82) is 0 Å². The molecule has 0 saturated heterocycles. The maximum absolute atomic E-state index is 12.5. The maximum Gasteiger partial charge on any atom is 0.305 e. The van der Waals surface area contributed by atoms with E-state index in [9.17, 15) is 19.8 Å². The number of ether oxygens (including phenoxy) is 1. The van der Waals surface area contributed by atoms with Gasteiger partial charge in [-0.1, -0.05) is 353 Å². The zero-order chi connectivity index (χ0) is 56.4. The van der Waals surface area contributed by atoms with E-state index in [1.807, 2.05) is 6.08 Å². The first kappa shape index (κ1) is 76.3. The van der Waals surface area contributed by atoms with Crippen LogP contribution in [0.4, 0.5) is 0 Å². The number of carbonyl (C=O) groups is 2. The molecule has 0 rings (SSSR count). The Hall–Kier alpha value is -1.66. The highest BCUT2D eigenvalue weighted by atomic mass is 16.5. The number of nitrogens with one attached hydrogen (secondary N) is 1. The Morgan fingerprint density at radius 1 is 0.346 bits per heavy atom. The van der Waals surface area contributed by atoms with Crippen LogP contribution >= 0.6 is 0 Å². The second-order valence-electron chi connectivity index (χ2n) is 24.6. The van der Waals surface area contributed by atoms with Crippen molar-refractivity contribution in [3.8, 4) is 0 Å². The molecule has 0 aliphatic rings. The molecule has 462 valence electrons. The van der Waals surface area contributed by atoms with Crippen molar-refractivity contribution in [2.24, 2.45) is 0 Å². The van der Waals surface area contributed by atoms with E-state index >= 15 is 0 Å². The lowest BCUT2D eigenvalue weighted by atomic mass is 10.0. The SMILES string of the molecule is CCCCCCCCCCCCCCCCCC/C=C/C(O)C(CO)NC(=O)CCCCCCCCCCCCCCCCC/C=C\CCCCCCCCCCCCCCOC(=O)CCCCCCCCCCCCCC. The molecule has 0 spiro atoms. The van der Waals surface area contributed by atoms with Crippen LogP contribution in [0.1, 0.15) is 399 Å². The number of allylic oxidation sites excluding steroid dienone is 3. The van der Waals surface area contributed by atoms with Crippen LogP contribution in [-0.2, 0) is 14.3 Å². The molecular formula is C72H139NO5. The number of unbranched alkanes of at least 4 members (excludes halogenated alkanes) is 54. The molecule has 0 heterocycles. The summed E-state index contributed by atoms with van der Waals surface area (Å²) in [5.74, 6) is -0.0437. The van der Waals surface area contributed by atoms with E-state index in [1.165, 1.54) is 334 Å². The molecule has 3 N–H and O–H groups in total. The minimum absolute atomic E-state index is 0.0187. The van der Waals surface area contributed by atoms with Crippen LogP contribution in [0.2, 0.25) is 0 Å². The van der Waals surface area contributed by atoms with Gasteiger partial charge in [0.2, 0.25) is 5.91 Å². The van der Waals surface area contributed by atoms with Crippen LogP contribution in [0.5, 0.6) is 0 Å². The molecule has 6 nitrogen and oxygen atoms in total. The average Bonchev–Trinajstić information content (AvgIpc) is 3.44. The molecule has 2 unspecified atom stereocenters. The number of esters is 1. The Morgan fingerprint density at radius 3 is 0.910 bits per heavy atom. The Balaban J connectivity index is 3.38. The zero-order valence-corrected chi connectivity index (χ0v) is 52.9. The van der Waals surface area contributed by atoms with Crippen LogP contribution in [0, 0.1) is 0 Å². The normalized spacial score (nSPS) is 12.6. The van der Waals surface area contributed by atoms with E-state index in [1.54, 1.807) is 6.08 Å². The zero-order valence-electron chi connectivity index (χ0n) is 52.9. The summed E-state index contributed by atoms with van der Waals surface area (Å²) in [5.41, 5.74) is 0. The summed E-state index contributed by atoms with van der Waals surface area (Å²) in [4.78, 5) is 24.5. The van der Waals surface area contributed by atoms with Crippen LogP contribution in [0.25, 0.3) is 0 Å². The highest BCUT2D eigenvalue weighted by Crippen LogP contribution is 2.19. The predicted molar refractivity (Wildman–Crippen MR) is 343 cm³/mol. The second-order valence-corrected chi connectivity index (χ2v) is 24.6. The summed E-state index contributed by atoms with van der Waals surface area (Å²) >= 11 is 0. The first-order valence-electron chi connectivity index (χ1n) is 35.6. The van der Waals surface area contributed by atoms with Gasteiger partial charge in [0.1, 0.15) is 0 Å². The van der Waals surface area contributed by atoms with Gasteiger partial charge in [-0.25, -0.2) is 0 Å². The molecule has 78 heavy (non-hydrogen) atoms. The first-order valence-corrected chi connectivity index (χ1v) is 35.6. The molecule has 0 saturated carbocycles. The Morgan fingerprint density at radius 2 is 0.603 bits per heavy atom. The fourth-order valence-electron chi connectivity index (χ4n) is 11.3. The van der Waals surface area contributed by atoms with Gasteiger partial charge in [0.25, 0.3) is 0 Å². The van der Waals surface area contributed by atoms with E-state index in [0.29, 0.717) is 19.4 Å². The van der Waals surface area contributed by atoms with Gasteiger partial charge in [-0.3, -0.25) is 9.59 Å². The number of hydrogen-bond acceptors (Lipinski definition) is 5. The van der Waals surface area contributed by atoms with Gasteiger partial charge >= 0.3 is 5.97 Å². The Labute approximate surface area is 488 Å². The third-order valence-electron chi connectivity index (χ3n) is 16.7. The van der Waals surface area contributed by atoms with E-state index in [-0.39, 0.29) is 18.5 Å². The topological polar surface area (TPSA) is 95.9 Å². The van der Waals surface area contributed by atoms with E-state index in [4.69, 9.17) is 4.74 Å². The average molecular weight is 1100 g/mol. The number of aliphatic hydroxyl groups excluding tert-OH is 2. The standard InChI is InChI=1S/C72H139NO5/c1-3-5-7-9-11-13-15-17-18-19-35-38-41-44-48-52-56-60-64-70(75)69(68-74)73-71(76)65-61-57-53-49-45-42-39-36-33-31-29-27-25-23-21-20-22-24-26-28-30-32-34-37-40-43-47-51-55-59-63-67-78-72(77)66-62-58-54-50-46-16-14-12-10-8-6-4-2/h22,24,60,64,69-70,74-75H,3-21,23,25-59,61-63,65-68H2,1-2H3,(H,73,76)/b24-22-,64-60+. The highest BCUT2D eigenvalue weighted by Gasteiger charge is 2.18. The fraction of sp³-hybridized carbons (Fsp3) is 0.917. The van der Waals surface area contributed by atoms with Crippen LogP contribution in [0.15, 0.2) is 24.3 Å². The summed E-state index contributed by atoms with van der Waals surface area (Å²) in [7, 11) is 0. The molecule has 2 atom stereocenters. The van der Waals surface area contributed by atoms with E-state index in [0.717, 1.165) is 38.5 Å². The van der Waals surface area contributed by atoms with Crippen molar-refractivity contribution in [3.63, 3.8) is 0 Å². The van der Waals surface area contributed by atoms with Crippen molar-refractivity contribution >= 4 is 11.9 Å². The number of hydrogen-bond donors (Lipinski definition) is 3. The predicted octanol–water partition coefficient (Wildman–Crippen LogP) is 22.9. The molecule has 0 aromatic rings. The Bertz CT molecular complexity index is 1220. The fourth-order valence-corrected chi connectivity index (χ4v) is 11.3. The summed E-state index contributed by atoms with van der Waals surface area (Å²) in [6.07, 6.45) is 85.5. The molecule has 0 aromatic heterocycles. The van der Waals surface area contributed by atoms with Crippen molar-refractivity contribution in [2.75, 3.05) is 13.2 Å². The van der Waals surface area contributed by atoms with Gasteiger partial charge in [-0.2, -0.15) is 0 Å². The molecule has 0 radical (unpaired) electrons. The molecule has 6 heteroatoms. The lowest BCUT2D eigenvalue weighted by Crippen LogP contribution is -2.45. The molecule has 1 amide bonds. The second kappa shape index (κ2) is 67.8. The maximum atomic E-state index is 12.5. The third kappa shape index (κ3) is 63.5. The molecule has 0 aliphatic carbocycles. The summed E-state index contributed by atoms with van der Waals surface area (Å²) in [6, 6.07) is -0.626. The van der Waals surface area contributed by atoms with Crippen LogP contribution in [0.3, 0.4) is 0 Å². The van der Waals surface area contributed by atoms with E-state index in [2.05, 4.69) is 31.3 Å². The van der Waals surface area contributed by atoms with Crippen molar-refractivity contribution in [2.45, 2.75) is 411 Å². The minimum Gasteiger partial charge on any atom is -0.466 e. The van der Waals surface area contributed by atoms with Gasteiger partial charge in [0.15, 0.2) is 0 Å². The lowest BCUT2D eigenvalue weighted by molar-refractivity contribution is -0.143. The quantitative estimate of drug-likeness (QED) is 0.0320. The van der Waals surface area contributed by atoms with E-state index < -0.39 is 12.1 Å². The molecule has 0 fully saturated rings. The molecule has 0 aromatic carbocycles. The van der Waals surface area contributed by atoms with Gasteiger partial charge in [0, 0.05) is 12.8 Å². The third-order valence-corrected chi connectivity index (χ3v) is 16.7. The molecule has 0 aliphatic heterocycles. The van der Waals surface area contributed by atoms with Crippen LogP contribution < -0.4 is 5.32 Å². The van der Waals surface area contributed by atoms with Gasteiger partial charge in [-0.05, 0) is 57.8 Å². The Kier molecular flexibility index (Phi) is 66.4. The van der Waals surface area contributed by atoms with Crippen molar-refractivity contribution in [1.82, 2.24) is 5.32 Å². The number of aliphatic hydroxyl groups is 2. The first-order chi connectivity index (χ1) is 38.5. The van der Waals surface area contributed by atoms with Gasteiger partial charge < -0.3 is 20.3 Å². The van der Waals surface area contributed by atoms with Gasteiger partial charge in [0.05, 0.1) is 25.4 Å². The molecule has 0 bridgehead atoms. The smallest absolute Gasteiger partial charge is 0.305 e. The number of amides is 1. The van der Waals surface area contributed by atoms with Crippen LogP contribution in [-0.4, -0.2) is 47.4 Å². The lowest BCUT2D eigenvalue weighted by Gasteiger charge is -2.20. The summed E-state index contributed by atoms with van der Waals surface area (Å²) in [6.45, 7) is 4.94. The molecular weight excluding hydrogens is 959 g/mol. The summed E-state index contributed by atoms with van der Waals surface area (Å²) < 4.78 is 5.48. The highest BCUT2D eigenvalue weighted by molar-refractivity contribution is 5.76. The van der Waals surface area contributed by atoms with Gasteiger partial charge in [-0.15, -0.1) is 0 Å². The van der Waals surface area contributed by atoms with Crippen molar-refractivity contribution in [3.05, 3.63) is 24.3 Å².